The average molecular weight is 1160 g/mol. The van der Waals surface area contributed by atoms with Crippen LogP contribution in [0.4, 0.5) is 66.1 Å². The maximum Gasteiger partial charge on any atom is 0.330 e. The Morgan fingerprint density at radius 1 is 0.442 bits per heavy atom. The molecule has 2 saturated heterocycles. The molecule has 19 heteroatoms. The Morgan fingerprint density at radius 2 is 0.907 bits per heavy atom. The topological polar surface area (TPSA) is 166 Å². The van der Waals surface area contributed by atoms with Crippen LogP contribution in [0.25, 0.3) is 23.8 Å². The average Bonchev–Trinajstić information content (AvgIpc) is 1.91. The van der Waals surface area contributed by atoms with E-state index in [1.165, 1.54) is 87.5 Å². The molecule has 15 nitrogen and oxygen atoms in total. The van der Waals surface area contributed by atoms with Crippen molar-refractivity contribution in [1.82, 2.24) is 19.6 Å². The molecule has 0 unspecified atom stereocenters. The number of rotatable bonds is 8. The number of aliphatic carboxylic acids is 2. The highest BCUT2D eigenvalue weighted by molar-refractivity contribution is 6.13. The molecule has 0 bridgehead atoms. The van der Waals surface area contributed by atoms with Crippen LogP contribution in [0.3, 0.4) is 0 Å². The first-order chi connectivity index (χ1) is 41.7. The van der Waals surface area contributed by atoms with Crippen molar-refractivity contribution in [2.45, 2.75) is 18.0 Å². The van der Waals surface area contributed by atoms with Crippen LogP contribution in [-0.2, 0) is 14.4 Å². The van der Waals surface area contributed by atoms with Crippen LogP contribution in [0.15, 0.2) is 188 Å². The van der Waals surface area contributed by atoms with E-state index < -0.39 is 90.3 Å². The van der Waals surface area contributed by atoms with E-state index in [0.29, 0.717) is 56.1 Å². The summed E-state index contributed by atoms with van der Waals surface area (Å²) >= 11 is 0. The van der Waals surface area contributed by atoms with Crippen LogP contribution < -0.4 is 14.7 Å². The number of carboxylic acid groups (broad SMARTS) is 2. The van der Waals surface area contributed by atoms with E-state index in [-0.39, 0.29) is 48.7 Å². The quantitative estimate of drug-likeness (QED) is 0.142. The number of para-hydroxylation sites is 5. The molecular weight excluding hydrogens is 1110 g/mol. The summed E-state index contributed by atoms with van der Waals surface area (Å²) in [5, 5.41) is 21.7. The van der Waals surface area contributed by atoms with Crippen LogP contribution in [0.2, 0.25) is 0 Å². The fourth-order valence-electron chi connectivity index (χ4n) is 11.9. The number of hydrogen-bond acceptors (Lipinski definition) is 6. The maximum absolute atomic E-state index is 15.6. The van der Waals surface area contributed by atoms with E-state index in [0.717, 1.165) is 43.9 Å². The van der Waals surface area contributed by atoms with Crippen LogP contribution >= 0.6 is 0 Å². The molecule has 4 aliphatic heterocycles. The van der Waals surface area contributed by atoms with Crippen molar-refractivity contribution in [1.29, 1.82) is 0 Å². The minimum absolute atomic E-state index is 0.146. The molecule has 8 aromatic carbocycles. The Morgan fingerprint density at radius 3 is 1.52 bits per heavy atom. The first-order valence-corrected chi connectivity index (χ1v) is 27.5. The molecule has 0 aromatic heterocycles. The molecule has 0 radical (unpaired) electrons. The molecule has 12 rings (SSSR count). The van der Waals surface area contributed by atoms with Crippen molar-refractivity contribution in [3.05, 3.63) is 250 Å². The van der Waals surface area contributed by atoms with Gasteiger partial charge in [-0.1, -0.05) is 140 Å². The largest absolute Gasteiger partial charge is 0.480 e. The SMILES string of the molecule is O=C(O)[C@@H]1CN(C(=O)N2c3ccccc3C=C(c3cccc4c3C=Cc3ccccc3N4C(=O)N3CCN(C(=O)N(c4ccccc4F)c4ccccc4F)C[C@H]3C(=O)O)c3ccccc32)CCN1C(=O)C(c1ccccc1F)c1ccccc1F. The van der Waals surface area contributed by atoms with Gasteiger partial charge < -0.3 is 29.8 Å². The summed E-state index contributed by atoms with van der Waals surface area (Å²) in [5.41, 5.74) is 4.18. The van der Waals surface area contributed by atoms with Crippen LogP contribution in [0.5, 0.6) is 0 Å². The zero-order chi connectivity index (χ0) is 59.9. The number of amides is 7. The molecule has 7 amide bonds. The predicted octanol–water partition coefficient (Wildman–Crippen LogP) is 12.6. The standard InChI is InChI=1S/C67H51F4N7O8/c68-49-22-6-3-19-46(49)61(47-20-4-7-23-50(47)69)62(79)74-36-34-72(39-59(74)63(80)81)65(84)76-54-27-11-2-17-42(54)38-48(44-18-5-12-28-55(44)76)43-21-15-31-56-45(43)33-32-41-16-1-10-26-53(41)77(56)67(86)75-37-35-73(40-60(75)64(82)83)66(85)78(57-29-13-8-24-51(57)70)58-30-14-9-25-52(58)71/h1-33,38,59-61H,34-37,39-40H2,(H,80,81)(H,82,83)/t59-,60-/m0/s1. The van der Waals surface area contributed by atoms with Gasteiger partial charge in [-0.2, -0.15) is 0 Å². The summed E-state index contributed by atoms with van der Waals surface area (Å²) in [5.74, 6) is -8.51. The summed E-state index contributed by atoms with van der Waals surface area (Å²) in [7, 11) is 0. The molecule has 2 atom stereocenters. The lowest BCUT2D eigenvalue weighted by Crippen LogP contribution is -2.62. The van der Waals surface area contributed by atoms with Crippen LogP contribution in [0.1, 0.15) is 44.9 Å². The summed E-state index contributed by atoms with van der Waals surface area (Å²) in [6, 6.07) is 42.5. The minimum atomic E-state index is -1.64. The highest BCUT2D eigenvalue weighted by Crippen LogP contribution is 2.47. The van der Waals surface area contributed by atoms with Crippen molar-refractivity contribution in [3.63, 3.8) is 0 Å². The van der Waals surface area contributed by atoms with Gasteiger partial charge in [-0.15, -0.1) is 0 Å². The normalized spacial score (nSPS) is 16.2. The number of anilines is 6. The summed E-state index contributed by atoms with van der Waals surface area (Å²) in [6.07, 6.45) is 5.59. The van der Waals surface area contributed by atoms with Gasteiger partial charge >= 0.3 is 30.0 Å². The zero-order valence-corrected chi connectivity index (χ0v) is 45.6. The van der Waals surface area contributed by atoms with Crippen molar-refractivity contribution < 1.29 is 56.5 Å². The molecule has 4 heterocycles. The second kappa shape index (κ2) is 23.1. The number of hydrogen-bond donors (Lipinski definition) is 2. The second-order valence-electron chi connectivity index (χ2n) is 20.8. The van der Waals surface area contributed by atoms with Gasteiger partial charge in [0.2, 0.25) is 5.91 Å². The Bertz CT molecular complexity index is 4050. The lowest BCUT2D eigenvalue weighted by atomic mass is 9.88. The third kappa shape index (κ3) is 10.0. The number of carboxylic acids is 2. The fraction of sp³-hybridized carbons (Fsp3) is 0.134. The summed E-state index contributed by atoms with van der Waals surface area (Å²) < 4.78 is 62.1. The second-order valence-corrected chi connectivity index (χ2v) is 20.8. The molecule has 0 saturated carbocycles. The van der Waals surface area contributed by atoms with E-state index >= 15 is 27.2 Å². The molecule has 2 fully saturated rings. The van der Waals surface area contributed by atoms with Gasteiger partial charge in [0.25, 0.3) is 0 Å². The van der Waals surface area contributed by atoms with Gasteiger partial charge in [-0.05, 0) is 89.0 Å². The van der Waals surface area contributed by atoms with E-state index in [9.17, 15) is 29.4 Å². The van der Waals surface area contributed by atoms with Crippen LogP contribution in [0, 0.1) is 23.3 Å². The van der Waals surface area contributed by atoms with E-state index in [2.05, 4.69) is 0 Å². The highest BCUT2D eigenvalue weighted by Gasteiger charge is 2.45. The molecule has 4 aliphatic rings. The molecule has 0 spiro atoms. The Labute approximate surface area is 490 Å². The van der Waals surface area contributed by atoms with E-state index in [1.807, 2.05) is 36.4 Å². The van der Waals surface area contributed by atoms with Gasteiger partial charge in [0.1, 0.15) is 35.4 Å². The Balaban J connectivity index is 0.879. The predicted molar refractivity (Wildman–Crippen MR) is 316 cm³/mol. The van der Waals surface area contributed by atoms with Crippen molar-refractivity contribution in [3.8, 4) is 0 Å². The number of carbonyl (C=O) groups is 6. The van der Waals surface area contributed by atoms with Gasteiger partial charge in [0.05, 0.1) is 53.1 Å². The maximum atomic E-state index is 15.6. The number of urea groups is 3. The number of halogens is 4. The van der Waals surface area contributed by atoms with Gasteiger partial charge in [-0.25, -0.2) is 41.5 Å². The smallest absolute Gasteiger partial charge is 0.330 e. The Hall–Kier alpha value is -10.8. The monoisotopic (exact) mass is 1160 g/mol. The molecule has 0 aliphatic carbocycles. The van der Waals surface area contributed by atoms with E-state index in [4.69, 9.17) is 0 Å². The minimum Gasteiger partial charge on any atom is -0.480 e. The number of nitrogens with zero attached hydrogens (tertiary/aromatic N) is 7. The molecular formula is C67H51F4N7O8. The molecule has 8 aromatic rings. The van der Waals surface area contributed by atoms with Crippen molar-refractivity contribution in [2.24, 2.45) is 0 Å². The number of benzene rings is 8. The molecule has 86 heavy (non-hydrogen) atoms. The van der Waals surface area contributed by atoms with Crippen molar-refractivity contribution >= 4 is 93.9 Å². The Kier molecular flexibility index (Phi) is 15.0. The third-order valence-corrected chi connectivity index (χ3v) is 16.0. The summed E-state index contributed by atoms with van der Waals surface area (Å²) in [6.45, 7) is -2.02. The number of carbonyl (C=O) groups excluding carboxylic acids is 4. The number of piperazine rings is 2. The first kappa shape index (κ1) is 55.7. The fourth-order valence-corrected chi connectivity index (χ4v) is 11.9. The van der Waals surface area contributed by atoms with Gasteiger partial charge in [0.15, 0.2) is 0 Å². The first-order valence-electron chi connectivity index (χ1n) is 27.5. The lowest BCUT2D eigenvalue weighted by molar-refractivity contribution is -0.153. The number of fused-ring (bicyclic) bond motifs is 4. The van der Waals surface area contributed by atoms with E-state index in [1.54, 1.807) is 72.8 Å². The lowest BCUT2D eigenvalue weighted by Gasteiger charge is -2.42. The van der Waals surface area contributed by atoms with Crippen molar-refractivity contribution in [2.75, 3.05) is 54.0 Å². The van der Waals surface area contributed by atoms with Gasteiger partial charge in [0, 0.05) is 48.4 Å². The molecule has 430 valence electrons. The summed E-state index contributed by atoms with van der Waals surface area (Å²) in [4.78, 5) is 95.4. The zero-order valence-electron chi connectivity index (χ0n) is 45.6. The third-order valence-electron chi connectivity index (χ3n) is 16.0. The molecule has 2 N–H and O–H groups in total. The van der Waals surface area contributed by atoms with Gasteiger partial charge in [-0.3, -0.25) is 19.5 Å². The highest BCUT2D eigenvalue weighted by atomic mass is 19.1. The van der Waals surface area contributed by atoms with Crippen LogP contribution in [-0.4, -0.2) is 117 Å².